The molecule has 3 aromatic carbocycles. The molecule has 1 atom stereocenters. The molecule has 1 aliphatic heterocycles. The van der Waals surface area contributed by atoms with Crippen molar-refractivity contribution in [2.45, 2.75) is 25.3 Å². The lowest BCUT2D eigenvalue weighted by atomic mass is 9.97. The Hall–Kier alpha value is -3.87. The third-order valence-corrected chi connectivity index (χ3v) is 6.35. The predicted molar refractivity (Wildman–Crippen MR) is 129 cm³/mol. The summed E-state index contributed by atoms with van der Waals surface area (Å²) in [5.41, 5.74) is 1.72. The van der Waals surface area contributed by atoms with Crippen LogP contribution >= 0.6 is 0 Å². The molecule has 1 fully saturated rings. The van der Waals surface area contributed by atoms with Gasteiger partial charge in [0.1, 0.15) is 5.82 Å². The number of likely N-dealkylation sites (tertiary alicyclic amines) is 1. The third kappa shape index (κ3) is 4.14. The number of rotatable bonds is 4. The van der Waals surface area contributed by atoms with Gasteiger partial charge in [0, 0.05) is 32.6 Å². The third-order valence-electron chi connectivity index (χ3n) is 6.35. The number of hydrogen-bond acceptors (Lipinski definition) is 3. The molecule has 5 rings (SSSR count). The van der Waals surface area contributed by atoms with E-state index in [9.17, 15) is 9.59 Å². The summed E-state index contributed by atoms with van der Waals surface area (Å²) in [7, 11) is 1.67. The van der Waals surface area contributed by atoms with E-state index >= 15 is 0 Å². The molecule has 1 N–H and O–H groups in total. The number of para-hydroxylation sites is 1. The van der Waals surface area contributed by atoms with Crippen molar-refractivity contribution in [3.63, 3.8) is 0 Å². The minimum atomic E-state index is -0.172. The molecule has 0 radical (unpaired) electrons. The van der Waals surface area contributed by atoms with Crippen LogP contribution in [-0.4, -0.2) is 38.4 Å². The molecule has 33 heavy (non-hydrogen) atoms. The van der Waals surface area contributed by atoms with Crippen LogP contribution in [0.5, 0.6) is 0 Å². The Labute approximate surface area is 192 Å². The van der Waals surface area contributed by atoms with E-state index in [-0.39, 0.29) is 17.6 Å². The number of carbonyl (C=O) groups excluding carboxylic acids is 1. The maximum absolute atomic E-state index is 13.0. The van der Waals surface area contributed by atoms with Gasteiger partial charge in [-0.15, -0.1) is 0 Å². The second kappa shape index (κ2) is 8.94. The van der Waals surface area contributed by atoms with E-state index in [0.29, 0.717) is 25.5 Å². The summed E-state index contributed by atoms with van der Waals surface area (Å²) in [5, 5.41) is 9.94. The summed E-state index contributed by atoms with van der Waals surface area (Å²) >= 11 is 0. The van der Waals surface area contributed by atoms with E-state index in [1.807, 2.05) is 59.5 Å². The van der Waals surface area contributed by atoms with Gasteiger partial charge in [0.2, 0.25) is 0 Å². The zero-order valence-corrected chi connectivity index (χ0v) is 18.6. The van der Waals surface area contributed by atoms with Gasteiger partial charge in [-0.3, -0.25) is 0 Å². The van der Waals surface area contributed by atoms with Gasteiger partial charge in [0.15, 0.2) is 0 Å². The van der Waals surface area contributed by atoms with Crippen molar-refractivity contribution in [3.05, 3.63) is 94.7 Å². The highest BCUT2D eigenvalue weighted by molar-refractivity contribution is 5.86. The Morgan fingerprint density at radius 3 is 2.64 bits per heavy atom. The van der Waals surface area contributed by atoms with Crippen molar-refractivity contribution in [3.8, 4) is 5.69 Å². The molecule has 1 saturated heterocycles. The molecule has 0 saturated carbocycles. The average Bonchev–Trinajstić information content (AvgIpc) is 3.17. The van der Waals surface area contributed by atoms with Crippen LogP contribution in [0.3, 0.4) is 0 Å². The summed E-state index contributed by atoms with van der Waals surface area (Å²) in [6, 6.07) is 23.8. The van der Waals surface area contributed by atoms with Crippen LogP contribution in [0.2, 0.25) is 0 Å². The van der Waals surface area contributed by atoms with Gasteiger partial charge in [-0.05, 0) is 41.3 Å². The normalized spacial score (nSPS) is 16.2. The molecule has 0 aliphatic carbocycles. The molecule has 0 spiro atoms. The number of nitrogens with zero attached hydrogens (tertiary/aromatic N) is 4. The van der Waals surface area contributed by atoms with Gasteiger partial charge < -0.3 is 10.2 Å². The molecule has 4 aromatic rings. The molecular weight excluding hydrogens is 414 g/mol. The standard InChI is InChI=1S/C26H27N5O2/c1-29-26(33)31(22-13-3-2-4-14-22)24(28-29)21-12-8-16-30(18-21)25(32)27-17-20-11-7-10-19-9-5-6-15-23(19)20/h2-7,9-11,13-15,21H,8,12,16-18H2,1H3,(H,27,32). The summed E-state index contributed by atoms with van der Waals surface area (Å²) in [6.45, 7) is 1.70. The maximum atomic E-state index is 13.0. The largest absolute Gasteiger partial charge is 0.350 e. The molecule has 1 aromatic heterocycles. The van der Waals surface area contributed by atoms with Crippen molar-refractivity contribution in [1.82, 2.24) is 24.6 Å². The fourth-order valence-electron chi connectivity index (χ4n) is 4.67. The SMILES string of the molecule is Cn1nc(C2CCCN(C(=O)NCc3cccc4ccccc34)C2)n(-c2ccccc2)c1=O. The number of fused-ring (bicyclic) bond motifs is 1. The topological polar surface area (TPSA) is 72.2 Å². The molecule has 2 amide bonds. The average molecular weight is 442 g/mol. The van der Waals surface area contributed by atoms with E-state index in [2.05, 4.69) is 28.6 Å². The quantitative estimate of drug-likeness (QED) is 0.523. The molecule has 1 aliphatic rings. The van der Waals surface area contributed by atoms with E-state index < -0.39 is 0 Å². The van der Waals surface area contributed by atoms with Crippen molar-refractivity contribution in [1.29, 1.82) is 0 Å². The number of amides is 2. The first-order valence-electron chi connectivity index (χ1n) is 11.3. The minimum Gasteiger partial charge on any atom is -0.334 e. The van der Waals surface area contributed by atoms with E-state index in [4.69, 9.17) is 0 Å². The van der Waals surface area contributed by atoms with Gasteiger partial charge in [-0.1, -0.05) is 60.7 Å². The van der Waals surface area contributed by atoms with Gasteiger partial charge in [0.05, 0.1) is 5.69 Å². The number of carbonyl (C=O) groups is 1. The summed E-state index contributed by atoms with van der Waals surface area (Å²) in [6.07, 6.45) is 1.75. The molecule has 7 heteroatoms. The molecule has 0 bridgehead atoms. The first-order valence-corrected chi connectivity index (χ1v) is 11.3. The number of nitrogens with one attached hydrogen (secondary N) is 1. The number of aromatic nitrogens is 3. The Balaban J connectivity index is 1.33. The number of piperidine rings is 1. The van der Waals surface area contributed by atoms with Crippen LogP contribution in [-0.2, 0) is 13.6 Å². The van der Waals surface area contributed by atoms with Crippen molar-refractivity contribution >= 4 is 16.8 Å². The van der Waals surface area contributed by atoms with E-state index in [1.165, 1.54) is 4.68 Å². The highest BCUT2D eigenvalue weighted by Crippen LogP contribution is 2.27. The van der Waals surface area contributed by atoms with Crippen LogP contribution in [0, 0.1) is 0 Å². The minimum absolute atomic E-state index is 0.00355. The van der Waals surface area contributed by atoms with Gasteiger partial charge >= 0.3 is 11.7 Å². The fourth-order valence-corrected chi connectivity index (χ4v) is 4.67. The van der Waals surface area contributed by atoms with Gasteiger partial charge in [-0.25, -0.2) is 18.8 Å². The van der Waals surface area contributed by atoms with Crippen LogP contribution in [0.15, 0.2) is 77.6 Å². The van der Waals surface area contributed by atoms with Crippen LogP contribution in [0.4, 0.5) is 4.79 Å². The molecular formula is C26H27N5O2. The second-order valence-corrected chi connectivity index (χ2v) is 8.52. The van der Waals surface area contributed by atoms with E-state index in [0.717, 1.165) is 34.9 Å². The molecule has 2 heterocycles. The molecule has 168 valence electrons. The fraction of sp³-hybridized carbons (Fsp3) is 0.269. The lowest BCUT2D eigenvalue weighted by Gasteiger charge is -2.32. The first-order chi connectivity index (χ1) is 16.1. The van der Waals surface area contributed by atoms with Crippen LogP contribution < -0.4 is 11.0 Å². The Bertz CT molecular complexity index is 1340. The number of hydrogen-bond donors (Lipinski definition) is 1. The Kier molecular flexibility index (Phi) is 5.69. The molecule has 1 unspecified atom stereocenters. The zero-order valence-electron chi connectivity index (χ0n) is 18.6. The highest BCUT2D eigenvalue weighted by atomic mass is 16.2. The second-order valence-electron chi connectivity index (χ2n) is 8.52. The van der Waals surface area contributed by atoms with Crippen molar-refractivity contribution < 1.29 is 4.79 Å². The summed E-state index contributed by atoms with van der Waals surface area (Å²) < 4.78 is 3.05. The zero-order chi connectivity index (χ0) is 22.8. The Morgan fingerprint density at radius 1 is 1.03 bits per heavy atom. The lowest BCUT2D eigenvalue weighted by Crippen LogP contribution is -2.45. The summed E-state index contributed by atoms with van der Waals surface area (Å²) in [4.78, 5) is 27.7. The van der Waals surface area contributed by atoms with Crippen LogP contribution in [0.25, 0.3) is 16.5 Å². The lowest BCUT2D eigenvalue weighted by molar-refractivity contribution is 0.177. The highest BCUT2D eigenvalue weighted by Gasteiger charge is 2.29. The van der Waals surface area contributed by atoms with Gasteiger partial charge in [0.25, 0.3) is 0 Å². The first kappa shape index (κ1) is 21.0. The number of urea groups is 1. The number of aryl methyl sites for hydroxylation is 1. The summed E-state index contributed by atoms with van der Waals surface area (Å²) in [5.74, 6) is 0.705. The van der Waals surface area contributed by atoms with Crippen molar-refractivity contribution in [2.75, 3.05) is 13.1 Å². The smallest absolute Gasteiger partial charge is 0.334 e. The molecule has 7 nitrogen and oxygen atoms in total. The monoisotopic (exact) mass is 441 g/mol. The predicted octanol–water partition coefficient (Wildman–Crippen LogP) is 3.81. The Morgan fingerprint density at radius 2 is 1.79 bits per heavy atom. The van der Waals surface area contributed by atoms with Crippen LogP contribution in [0.1, 0.15) is 30.1 Å². The van der Waals surface area contributed by atoms with Gasteiger partial charge in [-0.2, -0.15) is 5.10 Å². The van der Waals surface area contributed by atoms with E-state index in [1.54, 1.807) is 11.6 Å². The van der Waals surface area contributed by atoms with Crippen molar-refractivity contribution in [2.24, 2.45) is 7.05 Å². The number of benzene rings is 3. The maximum Gasteiger partial charge on any atom is 0.350 e.